The molecule has 0 radical (unpaired) electrons. The molecule has 1 aromatic carbocycles. The number of anilines is 1. The van der Waals surface area contributed by atoms with Gasteiger partial charge in [0.25, 0.3) is 0 Å². The summed E-state index contributed by atoms with van der Waals surface area (Å²) in [6, 6.07) is 5.57. The van der Waals surface area contributed by atoms with Gasteiger partial charge >= 0.3 is 25.3 Å². The first-order valence-electron chi connectivity index (χ1n) is 18.9. The van der Waals surface area contributed by atoms with E-state index in [0.29, 0.717) is 38.5 Å². The van der Waals surface area contributed by atoms with Crippen molar-refractivity contribution in [2.24, 2.45) is 7.05 Å². The lowest BCUT2D eigenvalue weighted by molar-refractivity contribution is -0.120. The lowest BCUT2D eigenvalue weighted by Crippen LogP contribution is -2.49. The molecule has 1 unspecified atom stereocenters. The molecule has 6 rings (SSSR count). The molecule has 2 saturated heterocycles. The summed E-state index contributed by atoms with van der Waals surface area (Å²) >= 11 is 0. The molecule has 54 heavy (non-hydrogen) atoms. The fraction of sp³-hybridized carbons (Fsp3) is 0.615. The van der Waals surface area contributed by atoms with Crippen LogP contribution in [-0.4, -0.2) is 106 Å². The van der Waals surface area contributed by atoms with Crippen LogP contribution >= 0.6 is 0 Å². The number of carbonyl (C=O) groups excluding carboxylic acids is 4. The highest BCUT2D eigenvalue weighted by molar-refractivity contribution is 6.54. The maximum Gasteiger partial charge on any atom is 0.490 e. The smallest absolute Gasteiger partial charge is 0.444 e. The Balaban J connectivity index is 0.000000218. The maximum atomic E-state index is 12.3. The molecule has 294 valence electrons. The Kier molecular flexibility index (Phi) is 11.6. The largest absolute Gasteiger partial charge is 0.490 e. The van der Waals surface area contributed by atoms with Gasteiger partial charge in [-0.05, 0) is 110 Å². The first-order chi connectivity index (χ1) is 25.1. The van der Waals surface area contributed by atoms with E-state index in [2.05, 4.69) is 44.2 Å². The van der Waals surface area contributed by atoms with Gasteiger partial charge in [-0.1, -0.05) is 25.1 Å². The molecule has 5 heterocycles. The molecule has 5 amide bonds. The third-order valence-electron chi connectivity index (χ3n) is 10.3. The number of fused-ring (bicyclic) bond motifs is 1. The fourth-order valence-electron chi connectivity index (χ4n) is 6.67. The quantitative estimate of drug-likeness (QED) is 0.341. The molecule has 2 fully saturated rings. The van der Waals surface area contributed by atoms with Gasteiger partial charge in [-0.2, -0.15) is 5.10 Å². The van der Waals surface area contributed by atoms with Crippen molar-refractivity contribution in [1.29, 1.82) is 0 Å². The third-order valence-corrected chi connectivity index (χ3v) is 10.3. The maximum absolute atomic E-state index is 12.3. The highest BCUT2D eigenvalue weighted by Crippen LogP contribution is 2.42. The monoisotopic (exact) mass is 748 g/mol. The molecule has 15 heteroatoms. The van der Waals surface area contributed by atoms with Crippen LogP contribution in [0.25, 0.3) is 16.5 Å². The van der Waals surface area contributed by atoms with E-state index in [-0.39, 0.29) is 42.8 Å². The second-order valence-corrected chi connectivity index (χ2v) is 17.0. The molecular formula is C39H57BN6O8. The van der Waals surface area contributed by atoms with Crippen LogP contribution < -0.4 is 10.2 Å². The van der Waals surface area contributed by atoms with E-state index < -0.39 is 17.2 Å². The third kappa shape index (κ3) is 9.28. The number of aryl methyl sites for hydroxylation is 1. The van der Waals surface area contributed by atoms with E-state index in [1.807, 2.05) is 72.9 Å². The molecule has 0 spiro atoms. The molecule has 1 atom stereocenters. The van der Waals surface area contributed by atoms with Crippen molar-refractivity contribution in [2.75, 3.05) is 37.6 Å². The zero-order valence-corrected chi connectivity index (χ0v) is 33.8. The van der Waals surface area contributed by atoms with E-state index in [9.17, 15) is 19.2 Å². The number of nitrogens with one attached hydrogen (secondary N) is 1. The number of aromatic nitrogens is 2. The van der Waals surface area contributed by atoms with Crippen molar-refractivity contribution in [3.63, 3.8) is 0 Å². The highest BCUT2D eigenvalue weighted by Gasteiger charge is 2.54. The summed E-state index contributed by atoms with van der Waals surface area (Å²) in [7, 11) is 1.53. The Bertz CT molecular complexity index is 1840. The standard InChI is InChI=1S/C22H27N5O4.C17H30BNO4/c1-22(2,3)31-21(30)26-10-7-14(8-11-26)15-5-6-16-17(13-15)25(4)24-19(16)27-12-9-18(28)23-20(27)29;1-8-17(7)16(5,6)22-18(23-17)13-9-11-19(12-10-13)14(20)21-15(2,3)4/h5-7,13H,8-12H2,1-4H3,(H,23,28,29);9H,8,10-12H2,1-7H3. The minimum atomic E-state index is -0.512. The van der Waals surface area contributed by atoms with Gasteiger partial charge in [0.2, 0.25) is 5.91 Å². The van der Waals surface area contributed by atoms with Crippen LogP contribution in [0.15, 0.2) is 35.8 Å². The van der Waals surface area contributed by atoms with Gasteiger partial charge in [-0.25, -0.2) is 14.4 Å². The van der Waals surface area contributed by atoms with E-state index in [0.717, 1.165) is 46.8 Å². The zero-order valence-electron chi connectivity index (χ0n) is 33.8. The zero-order chi connectivity index (χ0) is 39.8. The summed E-state index contributed by atoms with van der Waals surface area (Å²) in [4.78, 5) is 53.0. The predicted octanol–water partition coefficient (Wildman–Crippen LogP) is 6.62. The number of carbonyl (C=O) groups is 4. The molecule has 1 aromatic heterocycles. The number of benzene rings is 1. The van der Waals surface area contributed by atoms with E-state index in [1.165, 1.54) is 4.90 Å². The van der Waals surface area contributed by atoms with E-state index in [4.69, 9.17) is 18.8 Å². The van der Waals surface area contributed by atoms with Crippen LogP contribution in [0.1, 0.15) is 100 Å². The van der Waals surface area contributed by atoms with Gasteiger partial charge < -0.3 is 28.6 Å². The normalized spacial score (nSPS) is 22.0. The van der Waals surface area contributed by atoms with Gasteiger partial charge in [0.15, 0.2) is 5.82 Å². The molecule has 0 saturated carbocycles. The minimum Gasteiger partial charge on any atom is -0.444 e. The number of imide groups is 1. The van der Waals surface area contributed by atoms with Crippen molar-refractivity contribution in [1.82, 2.24) is 24.9 Å². The van der Waals surface area contributed by atoms with Gasteiger partial charge in [0.05, 0.1) is 16.7 Å². The number of nitrogens with zero attached hydrogens (tertiary/aromatic N) is 5. The molecule has 14 nitrogen and oxygen atoms in total. The van der Waals surface area contributed by atoms with Crippen molar-refractivity contribution in [3.05, 3.63) is 41.4 Å². The summed E-state index contributed by atoms with van der Waals surface area (Å²) < 4.78 is 25.0. The second kappa shape index (κ2) is 15.4. The summed E-state index contributed by atoms with van der Waals surface area (Å²) in [6.07, 6.45) is 6.15. The molecule has 0 aliphatic carbocycles. The van der Waals surface area contributed by atoms with Gasteiger partial charge in [-0.15, -0.1) is 0 Å². The molecule has 2 aromatic rings. The Hall–Kier alpha value is -4.37. The Morgan fingerprint density at radius 1 is 0.889 bits per heavy atom. The number of rotatable bonds is 4. The van der Waals surface area contributed by atoms with E-state index >= 15 is 0 Å². The van der Waals surface area contributed by atoms with Crippen LogP contribution in [0.3, 0.4) is 0 Å². The lowest BCUT2D eigenvalue weighted by Gasteiger charge is -2.35. The second-order valence-electron chi connectivity index (χ2n) is 17.0. The molecular weight excluding hydrogens is 691 g/mol. The number of hydrogen-bond donors (Lipinski definition) is 1. The van der Waals surface area contributed by atoms with Gasteiger partial charge in [-0.3, -0.25) is 19.7 Å². The lowest BCUT2D eigenvalue weighted by atomic mass is 9.75. The number of amides is 5. The molecule has 1 N–H and O–H groups in total. The summed E-state index contributed by atoms with van der Waals surface area (Å²) in [5, 5.41) is 7.71. The van der Waals surface area contributed by atoms with Crippen LogP contribution in [0, 0.1) is 0 Å². The molecule has 0 bridgehead atoms. The number of hydrogen-bond acceptors (Lipinski definition) is 9. The van der Waals surface area contributed by atoms with Crippen molar-refractivity contribution >= 4 is 53.5 Å². The van der Waals surface area contributed by atoms with Crippen molar-refractivity contribution in [2.45, 2.75) is 117 Å². The highest BCUT2D eigenvalue weighted by atomic mass is 16.7. The average Bonchev–Trinajstić information content (AvgIpc) is 3.54. The Labute approximate surface area is 319 Å². The van der Waals surface area contributed by atoms with Crippen LogP contribution in [0.4, 0.5) is 20.2 Å². The Morgan fingerprint density at radius 2 is 1.50 bits per heavy atom. The molecule has 4 aliphatic rings. The van der Waals surface area contributed by atoms with Crippen LogP contribution in [0.5, 0.6) is 0 Å². The number of ether oxygens (including phenoxy) is 2. The first kappa shape index (κ1) is 40.8. The topological polar surface area (TPSA) is 145 Å². The van der Waals surface area contributed by atoms with Crippen LogP contribution in [-0.2, 0) is 30.6 Å². The predicted molar refractivity (Wildman–Crippen MR) is 208 cm³/mol. The van der Waals surface area contributed by atoms with Crippen molar-refractivity contribution in [3.8, 4) is 0 Å². The van der Waals surface area contributed by atoms with Gasteiger partial charge in [0, 0.05) is 51.6 Å². The summed E-state index contributed by atoms with van der Waals surface area (Å²) in [5.74, 6) is 0.274. The van der Waals surface area contributed by atoms with Gasteiger partial charge in [0.1, 0.15) is 11.2 Å². The van der Waals surface area contributed by atoms with Crippen LogP contribution in [0.2, 0.25) is 0 Å². The number of urea groups is 1. The SMILES string of the molecule is CCC1(C)OB(C2=CCN(C(=O)OC(C)(C)C)CC2)OC1(C)C.Cn1nc(N2CCC(=O)NC2=O)c2ccc(C3=CCN(C(=O)OC(C)(C)C)CC3)cc21. The van der Waals surface area contributed by atoms with Crippen molar-refractivity contribution < 1.29 is 38.0 Å². The first-order valence-corrected chi connectivity index (χ1v) is 18.9. The fourth-order valence-corrected chi connectivity index (χ4v) is 6.67. The average molecular weight is 749 g/mol. The van der Waals surface area contributed by atoms with E-state index in [1.54, 1.807) is 14.5 Å². The summed E-state index contributed by atoms with van der Waals surface area (Å²) in [6.45, 7) is 22.2. The molecule has 4 aliphatic heterocycles. The minimum absolute atomic E-state index is 0.253. The Morgan fingerprint density at radius 3 is 2.00 bits per heavy atom. The summed E-state index contributed by atoms with van der Waals surface area (Å²) in [5.41, 5.74) is 2.64.